The number of carbonyl (C=O) groups is 2. The number of benzene rings is 3. The fourth-order valence-corrected chi connectivity index (χ4v) is 6.72. The molecule has 0 N–H and O–H groups in total. The molecule has 1 saturated heterocycles. The Kier molecular flexibility index (Phi) is 6.82. The average molecular weight is 501 g/mol. The van der Waals surface area contributed by atoms with Crippen molar-refractivity contribution >= 4 is 22.6 Å². The van der Waals surface area contributed by atoms with E-state index in [1.54, 1.807) is 0 Å². The lowest BCUT2D eigenvalue weighted by atomic mass is 9.55. The van der Waals surface area contributed by atoms with Gasteiger partial charge in [0.2, 0.25) is 0 Å². The molecule has 0 aromatic heterocycles. The first-order valence-electron chi connectivity index (χ1n) is 13.1. The molecule has 1 amide bonds. The summed E-state index contributed by atoms with van der Waals surface area (Å²) in [5.74, 6) is 0.252. The van der Waals surface area contributed by atoms with Gasteiger partial charge in [0.05, 0.1) is 5.60 Å². The third-order valence-corrected chi connectivity index (χ3v) is 8.69. The van der Waals surface area contributed by atoms with Crippen molar-refractivity contribution in [3.05, 3.63) is 77.9 Å². The molecule has 2 aliphatic rings. The molecule has 3 aromatic rings. The quantitative estimate of drug-likeness (QED) is 0.363. The van der Waals surface area contributed by atoms with Gasteiger partial charge in [0.15, 0.2) is 0 Å². The van der Waals surface area contributed by atoms with Crippen molar-refractivity contribution in [2.24, 2.45) is 0 Å². The predicted octanol–water partition coefficient (Wildman–Crippen LogP) is 5.05. The number of hydrogen-bond acceptors (Lipinski definition) is 5. The van der Waals surface area contributed by atoms with E-state index in [2.05, 4.69) is 24.1 Å². The highest BCUT2D eigenvalue weighted by Gasteiger charge is 2.59. The summed E-state index contributed by atoms with van der Waals surface area (Å²) in [4.78, 5) is 29.6. The van der Waals surface area contributed by atoms with Crippen LogP contribution in [0, 0.1) is 0 Å². The van der Waals surface area contributed by atoms with Gasteiger partial charge in [-0.25, -0.2) is 0 Å². The molecule has 1 saturated carbocycles. The van der Waals surface area contributed by atoms with Gasteiger partial charge in [-0.15, -0.1) is 0 Å². The Bertz CT molecular complexity index is 1320. The number of likely N-dealkylation sites (tertiary alicyclic amines) is 1. The van der Waals surface area contributed by atoms with Crippen LogP contribution in [-0.4, -0.2) is 67.6 Å². The third-order valence-electron chi connectivity index (χ3n) is 8.69. The van der Waals surface area contributed by atoms with Crippen LogP contribution >= 0.6 is 0 Å². The van der Waals surface area contributed by atoms with Gasteiger partial charge in [0, 0.05) is 44.6 Å². The maximum Gasteiger partial charge on any atom is 0.308 e. The lowest BCUT2D eigenvalue weighted by Crippen LogP contribution is -2.67. The predicted molar refractivity (Wildman–Crippen MR) is 145 cm³/mol. The van der Waals surface area contributed by atoms with Crippen molar-refractivity contribution in [3.8, 4) is 5.75 Å². The SMILES string of the molecule is CO[C@]12CC[C@H](N(C)C(=O)c3ccc4ccccc4c3)C[C@]1(c1cccc(OC(C)=O)c1)CCN(C)C2. The Balaban J connectivity index is 1.50. The van der Waals surface area contributed by atoms with Crippen molar-refractivity contribution in [2.75, 3.05) is 34.3 Å². The summed E-state index contributed by atoms with van der Waals surface area (Å²) < 4.78 is 11.9. The van der Waals surface area contributed by atoms with E-state index in [4.69, 9.17) is 9.47 Å². The van der Waals surface area contributed by atoms with Crippen LogP contribution in [0.4, 0.5) is 0 Å². The van der Waals surface area contributed by atoms with Gasteiger partial charge in [0.25, 0.3) is 5.91 Å². The van der Waals surface area contributed by atoms with Gasteiger partial charge in [-0.1, -0.05) is 42.5 Å². The fraction of sp³-hybridized carbons (Fsp3) is 0.419. The van der Waals surface area contributed by atoms with Gasteiger partial charge >= 0.3 is 5.97 Å². The first kappa shape index (κ1) is 25.4. The number of carbonyl (C=O) groups excluding carboxylic acids is 2. The molecule has 6 heteroatoms. The van der Waals surface area contributed by atoms with E-state index in [-0.39, 0.29) is 23.3 Å². The molecule has 0 radical (unpaired) electrons. The van der Waals surface area contributed by atoms with Crippen molar-refractivity contribution in [1.29, 1.82) is 0 Å². The zero-order chi connectivity index (χ0) is 26.2. The van der Waals surface area contributed by atoms with Crippen LogP contribution < -0.4 is 4.74 Å². The molecule has 0 spiro atoms. The number of methoxy groups -OCH3 is 1. The lowest BCUT2D eigenvalue weighted by molar-refractivity contribution is -0.149. The summed E-state index contributed by atoms with van der Waals surface area (Å²) in [6, 6.07) is 22.0. The van der Waals surface area contributed by atoms with Crippen molar-refractivity contribution in [2.45, 2.75) is 49.7 Å². The van der Waals surface area contributed by atoms with E-state index < -0.39 is 5.60 Å². The minimum Gasteiger partial charge on any atom is -0.427 e. The monoisotopic (exact) mass is 500 g/mol. The normalized spacial score (nSPS) is 25.9. The Labute approximate surface area is 219 Å². The number of ether oxygens (including phenoxy) is 2. The zero-order valence-electron chi connectivity index (χ0n) is 22.2. The standard InChI is InChI=1S/C31H36N2O4/c1-22(34)37-28-11-7-10-26(19-28)30-16-17-32(2)21-31(30,36-4)15-14-27(20-30)33(3)29(35)25-13-12-23-8-5-6-9-24(23)18-25/h5-13,18-19,27H,14-17,20-21H2,1-4H3/t27-,30-,31-/m0/s1. The number of amides is 1. The number of piperidine rings is 1. The maximum atomic E-state index is 13.7. The molecule has 3 aromatic carbocycles. The molecular weight excluding hydrogens is 464 g/mol. The van der Waals surface area contributed by atoms with E-state index in [9.17, 15) is 9.59 Å². The highest BCUT2D eigenvalue weighted by molar-refractivity contribution is 5.98. The molecule has 1 aliphatic heterocycles. The molecule has 194 valence electrons. The van der Waals surface area contributed by atoms with E-state index >= 15 is 0 Å². The second kappa shape index (κ2) is 9.92. The Morgan fingerprint density at radius 3 is 2.54 bits per heavy atom. The zero-order valence-corrected chi connectivity index (χ0v) is 22.2. The molecule has 1 heterocycles. The molecule has 0 unspecified atom stereocenters. The molecule has 3 atom stereocenters. The molecule has 37 heavy (non-hydrogen) atoms. The van der Waals surface area contributed by atoms with Crippen LogP contribution in [0.15, 0.2) is 66.7 Å². The van der Waals surface area contributed by atoms with Crippen LogP contribution in [0.25, 0.3) is 10.8 Å². The highest BCUT2D eigenvalue weighted by Crippen LogP contribution is 2.54. The Morgan fingerprint density at radius 2 is 1.78 bits per heavy atom. The van der Waals surface area contributed by atoms with Crippen LogP contribution in [0.5, 0.6) is 5.75 Å². The Hall–Kier alpha value is -3.22. The second-order valence-corrected chi connectivity index (χ2v) is 10.8. The largest absolute Gasteiger partial charge is 0.427 e. The van der Waals surface area contributed by atoms with Crippen molar-refractivity contribution < 1.29 is 19.1 Å². The van der Waals surface area contributed by atoms with E-state index in [1.807, 2.05) is 73.7 Å². The van der Waals surface area contributed by atoms with Gasteiger partial charge in [0.1, 0.15) is 5.75 Å². The van der Waals surface area contributed by atoms with Crippen LogP contribution in [0.2, 0.25) is 0 Å². The summed E-state index contributed by atoms with van der Waals surface area (Å²) in [7, 11) is 5.88. The Morgan fingerprint density at radius 1 is 1.00 bits per heavy atom. The van der Waals surface area contributed by atoms with E-state index in [0.717, 1.165) is 55.1 Å². The summed E-state index contributed by atoms with van der Waals surface area (Å²) in [6.45, 7) is 3.16. The second-order valence-electron chi connectivity index (χ2n) is 10.8. The van der Waals surface area contributed by atoms with Crippen molar-refractivity contribution in [1.82, 2.24) is 9.80 Å². The third kappa shape index (κ3) is 4.53. The molecule has 0 bridgehead atoms. The minimum absolute atomic E-state index is 0.0393. The van der Waals surface area contributed by atoms with E-state index in [1.165, 1.54) is 6.92 Å². The summed E-state index contributed by atoms with van der Waals surface area (Å²) in [5.41, 5.74) is 1.11. The maximum absolute atomic E-state index is 13.7. The van der Waals surface area contributed by atoms with Crippen molar-refractivity contribution in [3.63, 3.8) is 0 Å². The molecule has 1 aliphatic carbocycles. The average Bonchev–Trinajstić information content (AvgIpc) is 2.91. The van der Waals surface area contributed by atoms with Crippen LogP contribution in [-0.2, 0) is 14.9 Å². The number of esters is 1. The number of likely N-dealkylation sites (N-methyl/N-ethyl adjacent to an activating group) is 1. The minimum atomic E-state index is -0.391. The van der Waals surface area contributed by atoms with Gasteiger partial charge in [-0.2, -0.15) is 0 Å². The van der Waals surface area contributed by atoms with E-state index in [0.29, 0.717) is 11.3 Å². The number of hydrogen-bond donors (Lipinski definition) is 0. The number of fused-ring (bicyclic) bond motifs is 2. The summed E-state index contributed by atoms with van der Waals surface area (Å²) in [6.07, 6.45) is 3.39. The molecule has 5 rings (SSSR count). The number of nitrogens with zero attached hydrogens (tertiary/aromatic N) is 2. The van der Waals surface area contributed by atoms with Crippen LogP contribution in [0.1, 0.15) is 48.5 Å². The molecule has 6 nitrogen and oxygen atoms in total. The number of rotatable bonds is 5. The van der Waals surface area contributed by atoms with Gasteiger partial charge < -0.3 is 19.3 Å². The van der Waals surface area contributed by atoms with Gasteiger partial charge in [-0.05, 0) is 79.9 Å². The summed E-state index contributed by atoms with van der Waals surface area (Å²) >= 11 is 0. The first-order valence-corrected chi connectivity index (χ1v) is 13.1. The fourth-order valence-electron chi connectivity index (χ4n) is 6.72. The van der Waals surface area contributed by atoms with Crippen LogP contribution in [0.3, 0.4) is 0 Å². The summed E-state index contributed by atoms with van der Waals surface area (Å²) in [5, 5.41) is 2.19. The van der Waals surface area contributed by atoms with Gasteiger partial charge in [-0.3, -0.25) is 9.59 Å². The lowest BCUT2D eigenvalue weighted by Gasteiger charge is -2.60. The topological polar surface area (TPSA) is 59.1 Å². The smallest absolute Gasteiger partial charge is 0.308 e. The molecule has 2 fully saturated rings. The first-order chi connectivity index (χ1) is 17.8. The highest BCUT2D eigenvalue weighted by atomic mass is 16.5. The molecular formula is C31H36N2O4.